The first-order valence-corrected chi connectivity index (χ1v) is 9.34. The van der Waals surface area contributed by atoms with E-state index in [1.54, 1.807) is 4.90 Å². The van der Waals surface area contributed by atoms with E-state index in [-0.39, 0.29) is 17.7 Å². The number of likely N-dealkylation sites (tertiary alicyclic amines) is 1. The van der Waals surface area contributed by atoms with E-state index in [1.807, 2.05) is 13.8 Å². The molecule has 0 radical (unpaired) electrons. The molecule has 0 unspecified atom stereocenters. The lowest BCUT2D eigenvalue weighted by Gasteiger charge is -2.32. The molecule has 13 heteroatoms. The van der Waals surface area contributed by atoms with Crippen LogP contribution in [0.3, 0.4) is 0 Å². The van der Waals surface area contributed by atoms with Crippen LogP contribution in [0.5, 0.6) is 0 Å². The summed E-state index contributed by atoms with van der Waals surface area (Å²) in [6, 6.07) is -0.765. The Hall–Kier alpha value is -2.31. The molecule has 0 spiro atoms. The predicted molar refractivity (Wildman–Crippen MR) is 92.0 cm³/mol. The number of nitrogens with zero attached hydrogens (tertiary/aromatic N) is 3. The number of amides is 1. The number of alkyl halides is 5. The van der Waals surface area contributed by atoms with Crippen LogP contribution in [-0.2, 0) is 9.59 Å². The molecule has 1 amide bonds. The van der Waals surface area contributed by atoms with Gasteiger partial charge in [0.25, 0.3) is 5.92 Å². The molecule has 170 valence electrons. The standard InChI is InChI=1S/C15H22F2N4O2.C2HF3O2/c1-9(2)13-19-12(20-23-13)10-3-5-21(6-4-10)14(22)11-7-15(16,17)8-18-11;3-2(4,5)1(6)7/h9-11,18H,3-8H2,1-2H3;(H,6,7)/t11-;/m1./s1. The lowest BCUT2D eigenvalue weighted by molar-refractivity contribution is -0.192. The first-order chi connectivity index (χ1) is 13.8. The molecule has 3 heterocycles. The van der Waals surface area contributed by atoms with Crippen molar-refractivity contribution in [3.63, 3.8) is 0 Å². The van der Waals surface area contributed by atoms with Gasteiger partial charge in [0.15, 0.2) is 5.82 Å². The van der Waals surface area contributed by atoms with Gasteiger partial charge in [-0.25, -0.2) is 13.6 Å². The quantitative estimate of drug-likeness (QED) is 0.693. The third-order valence-electron chi connectivity index (χ3n) is 4.77. The molecule has 2 aliphatic heterocycles. The number of aliphatic carboxylic acids is 1. The topological polar surface area (TPSA) is 109 Å². The van der Waals surface area contributed by atoms with Crippen LogP contribution < -0.4 is 5.32 Å². The van der Waals surface area contributed by atoms with Crippen molar-refractivity contribution in [2.45, 2.75) is 63.1 Å². The van der Waals surface area contributed by atoms with Gasteiger partial charge in [-0.15, -0.1) is 0 Å². The number of carbonyl (C=O) groups excluding carboxylic acids is 1. The Kier molecular flexibility index (Phi) is 7.37. The third kappa shape index (κ3) is 6.34. The number of nitrogens with one attached hydrogen (secondary N) is 1. The van der Waals surface area contributed by atoms with Crippen molar-refractivity contribution >= 4 is 11.9 Å². The van der Waals surface area contributed by atoms with Crippen LogP contribution in [0, 0.1) is 0 Å². The maximum Gasteiger partial charge on any atom is 0.490 e. The van der Waals surface area contributed by atoms with E-state index < -0.39 is 37.1 Å². The van der Waals surface area contributed by atoms with E-state index in [9.17, 15) is 26.7 Å². The minimum atomic E-state index is -5.08. The van der Waals surface area contributed by atoms with Crippen molar-refractivity contribution in [3.8, 4) is 0 Å². The summed E-state index contributed by atoms with van der Waals surface area (Å²) in [5, 5.41) is 13.8. The van der Waals surface area contributed by atoms with Gasteiger partial charge in [0.2, 0.25) is 11.8 Å². The van der Waals surface area contributed by atoms with Crippen LogP contribution in [0.1, 0.15) is 56.7 Å². The highest BCUT2D eigenvalue weighted by atomic mass is 19.4. The lowest BCUT2D eigenvalue weighted by atomic mass is 9.95. The van der Waals surface area contributed by atoms with Gasteiger partial charge < -0.3 is 14.5 Å². The van der Waals surface area contributed by atoms with Gasteiger partial charge in [0.05, 0.1) is 12.6 Å². The van der Waals surface area contributed by atoms with Crippen molar-refractivity contribution in [1.82, 2.24) is 20.4 Å². The fourth-order valence-corrected chi connectivity index (χ4v) is 3.12. The maximum absolute atomic E-state index is 13.2. The monoisotopic (exact) mass is 442 g/mol. The highest BCUT2D eigenvalue weighted by Crippen LogP contribution is 2.30. The minimum Gasteiger partial charge on any atom is -0.475 e. The second-order valence-electron chi connectivity index (χ2n) is 7.54. The molecule has 8 nitrogen and oxygen atoms in total. The summed E-state index contributed by atoms with van der Waals surface area (Å²) in [5.41, 5.74) is 0. The average Bonchev–Trinajstić information content (AvgIpc) is 3.28. The minimum absolute atomic E-state index is 0.160. The van der Waals surface area contributed by atoms with Crippen molar-refractivity contribution in [2.75, 3.05) is 19.6 Å². The van der Waals surface area contributed by atoms with Gasteiger partial charge >= 0.3 is 12.1 Å². The number of carboxylic acid groups (broad SMARTS) is 1. The summed E-state index contributed by atoms with van der Waals surface area (Å²) in [7, 11) is 0. The molecule has 1 aromatic rings. The van der Waals surface area contributed by atoms with Gasteiger partial charge in [0, 0.05) is 31.3 Å². The highest BCUT2D eigenvalue weighted by Gasteiger charge is 2.44. The normalized spacial score (nSPS) is 22.0. The Morgan fingerprint density at radius 1 is 1.27 bits per heavy atom. The average molecular weight is 442 g/mol. The van der Waals surface area contributed by atoms with E-state index >= 15 is 0 Å². The molecule has 0 aliphatic carbocycles. The number of carbonyl (C=O) groups is 2. The van der Waals surface area contributed by atoms with Gasteiger partial charge in [-0.05, 0) is 12.8 Å². The summed E-state index contributed by atoms with van der Waals surface area (Å²) in [4.78, 5) is 27.3. The van der Waals surface area contributed by atoms with Crippen molar-refractivity contribution in [3.05, 3.63) is 11.7 Å². The molecule has 2 saturated heterocycles. The zero-order valence-electron chi connectivity index (χ0n) is 16.4. The Labute approximate surface area is 168 Å². The summed E-state index contributed by atoms with van der Waals surface area (Å²) >= 11 is 0. The smallest absolute Gasteiger partial charge is 0.475 e. The fraction of sp³-hybridized carbons (Fsp3) is 0.765. The van der Waals surface area contributed by atoms with E-state index in [2.05, 4.69) is 15.5 Å². The van der Waals surface area contributed by atoms with E-state index in [1.165, 1.54) is 0 Å². The van der Waals surface area contributed by atoms with Gasteiger partial charge in [-0.3, -0.25) is 10.1 Å². The van der Waals surface area contributed by atoms with Crippen LogP contribution in [0.15, 0.2) is 4.52 Å². The highest BCUT2D eigenvalue weighted by molar-refractivity contribution is 5.82. The molecule has 2 aliphatic rings. The van der Waals surface area contributed by atoms with Gasteiger partial charge in [-0.2, -0.15) is 18.2 Å². The van der Waals surface area contributed by atoms with Crippen LogP contribution in [0.25, 0.3) is 0 Å². The molecule has 0 aromatic carbocycles. The molecular formula is C17H23F5N4O4. The number of carboxylic acids is 1. The Morgan fingerprint density at radius 3 is 2.23 bits per heavy atom. The van der Waals surface area contributed by atoms with Crippen LogP contribution in [0.2, 0.25) is 0 Å². The first-order valence-electron chi connectivity index (χ1n) is 9.34. The second-order valence-corrected chi connectivity index (χ2v) is 7.54. The van der Waals surface area contributed by atoms with Crippen molar-refractivity contribution in [2.24, 2.45) is 0 Å². The van der Waals surface area contributed by atoms with Crippen LogP contribution in [-0.4, -0.2) is 69.8 Å². The fourth-order valence-electron chi connectivity index (χ4n) is 3.12. The summed E-state index contributed by atoms with van der Waals surface area (Å²) in [6.07, 6.45) is -4.04. The Morgan fingerprint density at radius 2 is 1.83 bits per heavy atom. The van der Waals surface area contributed by atoms with E-state index in [0.717, 1.165) is 12.8 Å². The third-order valence-corrected chi connectivity index (χ3v) is 4.77. The SMILES string of the molecule is CC(C)c1nc(C2CCN(C(=O)[C@H]3CC(F)(F)CN3)CC2)no1.O=C(O)C(F)(F)F. The first kappa shape index (κ1) is 24.0. The number of rotatable bonds is 3. The summed E-state index contributed by atoms with van der Waals surface area (Å²) in [6.45, 7) is 4.64. The molecular weight excluding hydrogens is 419 g/mol. The van der Waals surface area contributed by atoms with Crippen LogP contribution in [0.4, 0.5) is 22.0 Å². The molecule has 2 N–H and O–H groups in total. The number of piperidine rings is 1. The van der Waals surface area contributed by atoms with Gasteiger partial charge in [0.1, 0.15) is 0 Å². The van der Waals surface area contributed by atoms with Gasteiger partial charge in [-0.1, -0.05) is 19.0 Å². The number of hydrogen-bond acceptors (Lipinski definition) is 6. The zero-order valence-corrected chi connectivity index (χ0v) is 16.4. The lowest BCUT2D eigenvalue weighted by Crippen LogP contribution is -2.46. The molecule has 1 aromatic heterocycles. The van der Waals surface area contributed by atoms with Crippen LogP contribution >= 0.6 is 0 Å². The van der Waals surface area contributed by atoms with Crippen molar-refractivity contribution < 1.29 is 41.2 Å². The molecule has 1 atom stereocenters. The molecule has 2 fully saturated rings. The molecule has 0 bridgehead atoms. The van der Waals surface area contributed by atoms with Crippen molar-refractivity contribution in [1.29, 1.82) is 0 Å². The second kappa shape index (κ2) is 9.23. The zero-order chi connectivity index (χ0) is 22.7. The molecule has 0 saturated carbocycles. The predicted octanol–water partition coefficient (Wildman–Crippen LogP) is 2.53. The Balaban J connectivity index is 0.000000396. The molecule has 3 rings (SSSR count). The molecule has 30 heavy (non-hydrogen) atoms. The van der Waals surface area contributed by atoms with E-state index in [0.29, 0.717) is 24.8 Å². The number of aromatic nitrogens is 2. The number of hydrogen-bond donors (Lipinski definition) is 2. The largest absolute Gasteiger partial charge is 0.490 e. The number of halogens is 5. The summed E-state index contributed by atoms with van der Waals surface area (Å²) < 4.78 is 63.4. The van der Waals surface area contributed by atoms with E-state index in [4.69, 9.17) is 14.4 Å². The Bertz CT molecular complexity index is 745. The maximum atomic E-state index is 13.2. The summed E-state index contributed by atoms with van der Waals surface area (Å²) in [5.74, 6) is -4.11.